The fourth-order valence-corrected chi connectivity index (χ4v) is 1.65. The molecule has 88 valence electrons. The third kappa shape index (κ3) is 4.06. The van der Waals surface area contributed by atoms with Crippen LogP contribution in [0, 0.1) is 6.92 Å². The Morgan fingerprint density at radius 1 is 1.06 bits per heavy atom. The smallest absolute Gasteiger partial charge is 0.0185 e. The SMILES string of the molecule is C.CC.Cc1cccc(C2=CCCC=C2)c1. The van der Waals surface area contributed by atoms with Gasteiger partial charge in [-0.15, -0.1) is 0 Å². The fraction of sp³-hybridized carbons (Fsp3) is 0.375. The topological polar surface area (TPSA) is 0 Å². The number of benzene rings is 1. The molecule has 0 bridgehead atoms. The molecule has 0 heterocycles. The van der Waals surface area contributed by atoms with Crippen LogP contribution in [0.1, 0.15) is 45.2 Å². The van der Waals surface area contributed by atoms with Gasteiger partial charge in [-0.25, -0.2) is 0 Å². The van der Waals surface area contributed by atoms with E-state index in [-0.39, 0.29) is 7.43 Å². The van der Waals surface area contributed by atoms with E-state index in [2.05, 4.69) is 49.4 Å². The predicted molar refractivity (Wildman–Crippen MR) is 75.6 cm³/mol. The Hall–Kier alpha value is -1.30. The maximum Gasteiger partial charge on any atom is -0.0185 e. The molecule has 1 aliphatic carbocycles. The summed E-state index contributed by atoms with van der Waals surface area (Å²) in [5.41, 5.74) is 4.04. The molecule has 1 aliphatic rings. The third-order valence-corrected chi connectivity index (χ3v) is 2.35. The summed E-state index contributed by atoms with van der Waals surface area (Å²) >= 11 is 0. The Kier molecular flexibility index (Phi) is 7.28. The maximum atomic E-state index is 2.31. The normalized spacial score (nSPS) is 13.1. The first-order chi connectivity index (χ1) is 7.36. The first kappa shape index (κ1) is 14.7. The molecule has 0 heteroatoms. The Balaban J connectivity index is 0.000000711. The molecule has 0 fully saturated rings. The summed E-state index contributed by atoms with van der Waals surface area (Å²) in [4.78, 5) is 0. The molecule has 0 amide bonds. The third-order valence-electron chi connectivity index (χ3n) is 2.35. The van der Waals surface area contributed by atoms with E-state index in [4.69, 9.17) is 0 Å². The molecule has 0 aliphatic heterocycles. The summed E-state index contributed by atoms with van der Waals surface area (Å²) in [5, 5.41) is 0. The van der Waals surface area contributed by atoms with Crippen LogP contribution in [0.15, 0.2) is 42.5 Å². The highest BCUT2D eigenvalue weighted by atomic mass is 14.0. The zero-order valence-electron chi connectivity index (χ0n) is 9.96. The van der Waals surface area contributed by atoms with Crippen LogP contribution < -0.4 is 0 Å². The zero-order valence-corrected chi connectivity index (χ0v) is 9.96. The van der Waals surface area contributed by atoms with Gasteiger partial charge in [0.15, 0.2) is 0 Å². The van der Waals surface area contributed by atoms with E-state index in [0.717, 1.165) is 0 Å². The van der Waals surface area contributed by atoms with Gasteiger partial charge in [-0.1, -0.05) is 69.3 Å². The lowest BCUT2D eigenvalue weighted by Gasteiger charge is -2.07. The Morgan fingerprint density at radius 3 is 2.38 bits per heavy atom. The summed E-state index contributed by atoms with van der Waals surface area (Å²) < 4.78 is 0. The van der Waals surface area contributed by atoms with Gasteiger partial charge in [0.05, 0.1) is 0 Å². The molecule has 0 saturated heterocycles. The molecule has 0 atom stereocenters. The van der Waals surface area contributed by atoms with Crippen LogP contribution in [-0.2, 0) is 0 Å². The second kappa shape index (κ2) is 7.92. The summed E-state index contributed by atoms with van der Waals surface area (Å²) in [6.07, 6.45) is 9.15. The minimum Gasteiger partial charge on any atom is -0.0836 e. The number of aryl methyl sites for hydroxylation is 1. The molecule has 0 saturated carbocycles. The lowest BCUT2D eigenvalue weighted by molar-refractivity contribution is 1.04. The largest absolute Gasteiger partial charge is 0.0836 e. The summed E-state index contributed by atoms with van der Waals surface area (Å²) in [6, 6.07) is 8.67. The Bertz CT molecular complexity index is 356. The van der Waals surface area contributed by atoms with E-state index in [9.17, 15) is 0 Å². The first-order valence-electron chi connectivity index (χ1n) is 5.80. The van der Waals surface area contributed by atoms with E-state index in [0.29, 0.717) is 0 Å². The summed E-state index contributed by atoms with van der Waals surface area (Å²) in [5.74, 6) is 0. The van der Waals surface area contributed by atoms with Crippen molar-refractivity contribution in [2.75, 3.05) is 0 Å². The molecule has 0 unspecified atom stereocenters. The monoisotopic (exact) mass is 216 g/mol. The standard InChI is InChI=1S/C13H14.C2H6.CH4/c1-11-6-5-9-13(10-11)12-7-3-2-4-8-12;1-2;/h3,5-10H,2,4H2,1H3;1-2H3;1H4. The van der Waals surface area contributed by atoms with E-state index in [1.54, 1.807) is 0 Å². The van der Waals surface area contributed by atoms with Crippen molar-refractivity contribution in [3.05, 3.63) is 53.6 Å². The lowest BCUT2D eigenvalue weighted by Crippen LogP contribution is -1.86. The van der Waals surface area contributed by atoms with Crippen LogP contribution in [0.2, 0.25) is 0 Å². The second-order valence-corrected chi connectivity index (χ2v) is 3.51. The Labute approximate surface area is 101 Å². The van der Waals surface area contributed by atoms with E-state index < -0.39 is 0 Å². The van der Waals surface area contributed by atoms with Gasteiger partial charge in [0.2, 0.25) is 0 Å². The highest BCUT2D eigenvalue weighted by Crippen LogP contribution is 2.21. The molecule has 1 aromatic carbocycles. The van der Waals surface area contributed by atoms with Crippen molar-refractivity contribution in [3.63, 3.8) is 0 Å². The average molecular weight is 216 g/mol. The van der Waals surface area contributed by atoms with E-state index in [1.807, 2.05) is 13.8 Å². The minimum atomic E-state index is 0. The van der Waals surface area contributed by atoms with Gasteiger partial charge in [-0.2, -0.15) is 0 Å². The Morgan fingerprint density at radius 2 is 1.81 bits per heavy atom. The molecule has 0 spiro atoms. The van der Waals surface area contributed by atoms with Crippen molar-refractivity contribution in [2.24, 2.45) is 0 Å². The van der Waals surface area contributed by atoms with Gasteiger partial charge in [0.25, 0.3) is 0 Å². The highest BCUT2D eigenvalue weighted by molar-refractivity contribution is 5.74. The van der Waals surface area contributed by atoms with Gasteiger partial charge < -0.3 is 0 Å². The number of rotatable bonds is 1. The molecule has 0 radical (unpaired) electrons. The molecule has 0 N–H and O–H groups in total. The van der Waals surface area contributed by atoms with Gasteiger partial charge in [0.1, 0.15) is 0 Å². The van der Waals surface area contributed by atoms with Crippen LogP contribution in [-0.4, -0.2) is 0 Å². The molecule has 0 nitrogen and oxygen atoms in total. The van der Waals surface area contributed by atoms with Crippen molar-refractivity contribution in [2.45, 2.75) is 41.0 Å². The van der Waals surface area contributed by atoms with Gasteiger partial charge >= 0.3 is 0 Å². The fourth-order valence-electron chi connectivity index (χ4n) is 1.65. The van der Waals surface area contributed by atoms with Crippen molar-refractivity contribution >= 4 is 5.57 Å². The zero-order chi connectivity index (χ0) is 11.1. The molecule has 0 aromatic heterocycles. The van der Waals surface area contributed by atoms with Crippen molar-refractivity contribution in [1.29, 1.82) is 0 Å². The van der Waals surface area contributed by atoms with E-state index >= 15 is 0 Å². The van der Waals surface area contributed by atoms with E-state index in [1.165, 1.54) is 29.5 Å². The molecular formula is C16H24. The molecule has 16 heavy (non-hydrogen) atoms. The van der Waals surface area contributed by atoms with Crippen molar-refractivity contribution in [3.8, 4) is 0 Å². The predicted octanol–water partition coefficient (Wildman–Crippen LogP) is 5.39. The van der Waals surface area contributed by atoms with Crippen LogP contribution >= 0.6 is 0 Å². The lowest BCUT2D eigenvalue weighted by atomic mass is 9.98. The number of allylic oxidation sites excluding steroid dienone is 4. The molecule has 2 rings (SSSR count). The molecule has 1 aromatic rings. The number of hydrogen-bond donors (Lipinski definition) is 0. The number of hydrogen-bond acceptors (Lipinski definition) is 0. The van der Waals surface area contributed by atoms with Crippen LogP contribution in [0.3, 0.4) is 0 Å². The summed E-state index contributed by atoms with van der Waals surface area (Å²) in [7, 11) is 0. The van der Waals surface area contributed by atoms with Gasteiger partial charge in [-0.3, -0.25) is 0 Å². The van der Waals surface area contributed by atoms with Crippen molar-refractivity contribution < 1.29 is 0 Å². The van der Waals surface area contributed by atoms with Crippen LogP contribution in [0.5, 0.6) is 0 Å². The highest BCUT2D eigenvalue weighted by Gasteiger charge is 2.00. The van der Waals surface area contributed by atoms with Crippen LogP contribution in [0.4, 0.5) is 0 Å². The van der Waals surface area contributed by atoms with Crippen LogP contribution in [0.25, 0.3) is 5.57 Å². The van der Waals surface area contributed by atoms with Gasteiger partial charge in [-0.05, 0) is 30.9 Å². The average Bonchev–Trinajstić information content (AvgIpc) is 2.33. The maximum absolute atomic E-state index is 2.31. The van der Waals surface area contributed by atoms with Crippen molar-refractivity contribution in [1.82, 2.24) is 0 Å². The second-order valence-electron chi connectivity index (χ2n) is 3.51. The van der Waals surface area contributed by atoms with Gasteiger partial charge in [0, 0.05) is 0 Å². The summed E-state index contributed by atoms with van der Waals surface area (Å²) in [6.45, 7) is 6.14. The first-order valence-corrected chi connectivity index (χ1v) is 5.80. The molecular weight excluding hydrogens is 192 g/mol. The minimum absolute atomic E-state index is 0. The quantitative estimate of drug-likeness (QED) is 0.590.